The van der Waals surface area contributed by atoms with Crippen LogP contribution in [0.15, 0.2) is 77.6 Å². The largest absolute Gasteiger partial charge is 0.481 e. The van der Waals surface area contributed by atoms with E-state index in [0.717, 1.165) is 11.1 Å². The Morgan fingerprint density at radius 3 is 2.21 bits per heavy atom. The Balaban J connectivity index is 1.90. The lowest BCUT2D eigenvalue weighted by molar-refractivity contribution is -0.384. The maximum Gasteiger partial charge on any atom is 0.308 e. The summed E-state index contributed by atoms with van der Waals surface area (Å²) in [7, 11) is 0. The third-order valence-corrected chi connectivity index (χ3v) is 4.70. The van der Waals surface area contributed by atoms with Gasteiger partial charge < -0.3 is 9.52 Å². The van der Waals surface area contributed by atoms with Gasteiger partial charge in [-0.25, -0.2) is 0 Å². The minimum atomic E-state index is -1.12. The predicted molar refractivity (Wildman–Crippen MR) is 104 cm³/mol. The Labute approximate surface area is 160 Å². The Bertz CT molecular complexity index is 1130. The highest BCUT2D eigenvalue weighted by Crippen LogP contribution is 2.48. The van der Waals surface area contributed by atoms with Crippen LogP contribution in [-0.4, -0.2) is 16.0 Å². The number of rotatable bonds is 5. The number of nitrogens with zero attached hydrogens (tertiary/aromatic N) is 1. The van der Waals surface area contributed by atoms with Crippen LogP contribution in [0.25, 0.3) is 33.4 Å². The quantitative estimate of drug-likeness (QED) is 0.381. The van der Waals surface area contributed by atoms with Crippen molar-refractivity contribution in [3.8, 4) is 33.4 Å². The average molecular weight is 373 g/mol. The average Bonchev–Trinajstić information content (AvgIpc) is 3.03. The standard InChI is InChI=1S/C22H15NO5/c24-20(25)12-18-17-10-11-28-13-19(17)21(22(18)23(26)27)16-8-6-15(7-9-16)14-4-2-1-3-5-14/h1-11,13H,12H2,(H,24,25). The Morgan fingerprint density at radius 1 is 0.929 bits per heavy atom. The first-order valence-electron chi connectivity index (χ1n) is 8.59. The van der Waals surface area contributed by atoms with Gasteiger partial charge in [0.2, 0.25) is 0 Å². The summed E-state index contributed by atoms with van der Waals surface area (Å²) in [6.07, 6.45) is 2.38. The van der Waals surface area contributed by atoms with Gasteiger partial charge in [-0.2, -0.15) is 0 Å². The van der Waals surface area contributed by atoms with E-state index >= 15 is 0 Å². The van der Waals surface area contributed by atoms with Gasteiger partial charge in [-0.3, -0.25) is 14.9 Å². The number of hydrogen-bond acceptors (Lipinski definition) is 4. The molecule has 6 nitrogen and oxygen atoms in total. The van der Waals surface area contributed by atoms with Gasteiger partial charge >= 0.3 is 5.97 Å². The third kappa shape index (κ3) is 3.01. The molecule has 0 saturated heterocycles. The highest BCUT2D eigenvalue weighted by atomic mass is 16.6. The molecule has 138 valence electrons. The van der Waals surface area contributed by atoms with Crippen LogP contribution >= 0.6 is 0 Å². The first-order chi connectivity index (χ1) is 13.6. The Hall–Kier alpha value is -3.93. The topological polar surface area (TPSA) is 93.6 Å². The van der Waals surface area contributed by atoms with E-state index in [-0.39, 0.29) is 11.3 Å². The summed E-state index contributed by atoms with van der Waals surface area (Å²) in [6, 6.07) is 18.8. The molecule has 2 aromatic carbocycles. The molecule has 2 aromatic rings. The lowest BCUT2D eigenvalue weighted by atomic mass is 9.98. The molecule has 4 rings (SSSR count). The minimum Gasteiger partial charge on any atom is -0.481 e. The molecule has 0 aromatic heterocycles. The summed E-state index contributed by atoms with van der Waals surface area (Å²) >= 11 is 0. The van der Waals surface area contributed by atoms with E-state index < -0.39 is 17.3 Å². The van der Waals surface area contributed by atoms with Crippen molar-refractivity contribution in [2.75, 3.05) is 0 Å². The van der Waals surface area contributed by atoms with Crippen molar-refractivity contribution in [2.24, 2.45) is 0 Å². The van der Waals surface area contributed by atoms with E-state index in [4.69, 9.17) is 4.42 Å². The molecular weight excluding hydrogens is 358 g/mol. The fraction of sp³-hybridized carbons (Fsp3) is 0.0455. The van der Waals surface area contributed by atoms with Crippen LogP contribution in [0, 0.1) is 10.1 Å². The molecular formula is C22H15NO5. The van der Waals surface area contributed by atoms with Crippen molar-refractivity contribution in [3.63, 3.8) is 0 Å². The number of benzene rings is 2. The maximum atomic E-state index is 11.8. The second kappa shape index (κ2) is 7.00. The van der Waals surface area contributed by atoms with Crippen LogP contribution in [0.2, 0.25) is 0 Å². The molecule has 0 bridgehead atoms. The summed E-state index contributed by atoms with van der Waals surface area (Å²) in [6.45, 7) is 0. The maximum absolute atomic E-state index is 11.8. The molecule has 1 aliphatic heterocycles. The molecule has 1 N–H and O–H groups in total. The highest BCUT2D eigenvalue weighted by molar-refractivity contribution is 5.98. The van der Waals surface area contributed by atoms with E-state index in [2.05, 4.69) is 0 Å². The van der Waals surface area contributed by atoms with Crippen molar-refractivity contribution in [3.05, 3.63) is 88.9 Å². The van der Waals surface area contributed by atoms with Gasteiger partial charge in [-0.15, -0.1) is 0 Å². The molecule has 0 radical (unpaired) electrons. The van der Waals surface area contributed by atoms with Crippen molar-refractivity contribution in [1.29, 1.82) is 0 Å². The number of carboxylic acids is 1. The normalized spacial score (nSPS) is 10.9. The van der Waals surface area contributed by atoms with Crippen molar-refractivity contribution >= 4 is 11.7 Å². The zero-order valence-corrected chi connectivity index (χ0v) is 14.7. The van der Waals surface area contributed by atoms with E-state index in [1.54, 1.807) is 6.07 Å². The molecule has 1 heterocycles. The molecule has 28 heavy (non-hydrogen) atoms. The number of hydrogen-bond donors (Lipinski definition) is 1. The van der Waals surface area contributed by atoms with Crippen LogP contribution in [0.1, 0.15) is 5.56 Å². The molecule has 1 aliphatic carbocycles. The van der Waals surface area contributed by atoms with Crippen LogP contribution in [0.3, 0.4) is 0 Å². The lowest BCUT2D eigenvalue weighted by Gasteiger charge is -2.06. The van der Waals surface area contributed by atoms with Crippen LogP contribution in [-0.2, 0) is 11.2 Å². The zero-order valence-electron chi connectivity index (χ0n) is 14.7. The Morgan fingerprint density at radius 2 is 1.57 bits per heavy atom. The summed E-state index contributed by atoms with van der Waals surface area (Å²) in [5.74, 6) is -1.12. The van der Waals surface area contributed by atoms with E-state index in [9.17, 15) is 20.0 Å². The number of nitro groups is 1. The molecule has 6 heteroatoms. The number of carboxylic acid groups (broad SMARTS) is 1. The monoisotopic (exact) mass is 373 g/mol. The summed E-state index contributed by atoms with van der Waals surface area (Å²) in [5.41, 5.74) is 4.07. The van der Waals surface area contributed by atoms with Gasteiger partial charge in [0.05, 0.1) is 29.4 Å². The summed E-state index contributed by atoms with van der Waals surface area (Å²) in [5, 5.41) is 21.1. The van der Waals surface area contributed by atoms with E-state index in [0.29, 0.717) is 22.3 Å². The molecule has 0 atom stereocenters. The van der Waals surface area contributed by atoms with Crippen LogP contribution < -0.4 is 0 Å². The Kier molecular flexibility index (Phi) is 4.37. The minimum absolute atomic E-state index is 0.186. The van der Waals surface area contributed by atoms with Gasteiger partial charge in [0, 0.05) is 11.1 Å². The third-order valence-electron chi connectivity index (χ3n) is 4.70. The van der Waals surface area contributed by atoms with Gasteiger partial charge in [-0.05, 0) is 28.3 Å². The molecule has 0 unspecified atom stereocenters. The number of aliphatic carboxylic acids is 1. The summed E-state index contributed by atoms with van der Waals surface area (Å²) < 4.78 is 5.23. The van der Waals surface area contributed by atoms with Gasteiger partial charge in [0.25, 0.3) is 5.69 Å². The molecule has 0 saturated carbocycles. The smallest absolute Gasteiger partial charge is 0.308 e. The first-order valence-corrected chi connectivity index (χ1v) is 8.59. The molecule has 2 aliphatic rings. The summed E-state index contributed by atoms with van der Waals surface area (Å²) in [4.78, 5) is 22.6. The molecule has 0 fully saturated rings. The number of carbonyl (C=O) groups is 1. The van der Waals surface area contributed by atoms with Crippen molar-refractivity contribution in [1.82, 2.24) is 0 Å². The van der Waals surface area contributed by atoms with Gasteiger partial charge in [0.15, 0.2) is 0 Å². The highest BCUT2D eigenvalue weighted by Gasteiger charge is 2.33. The fourth-order valence-electron chi connectivity index (χ4n) is 3.51. The first kappa shape index (κ1) is 17.5. The number of fused-ring (bicyclic) bond motifs is 1. The SMILES string of the molecule is O=C(O)Cc1c2ccocc-2c(-c2ccc(-c3ccccc3)cc2)c1[N+](=O)[O-]. The predicted octanol–water partition coefficient (Wildman–Crippen LogP) is 5.25. The molecule has 0 spiro atoms. The molecule has 0 amide bonds. The zero-order chi connectivity index (χ0) is 19.7. The van der Waals surface area contributed by atoms with Crippen LogP contribution in [0.5, 0.6) is 0 Å². The second-order valence-corrected chi connectivity index (χ2v) is 6.36. The second-order valence-electron chi connectivity index (χ2n) is 6.36. The van der Waals surface area contributed by atoms with Crippen molar-refractivity contribution in [2.45, 2.75) is 6.42 Å². The van der Waals surface area contributed by atoms with Gasteiger partial charge in [-0.1, -0.05) is 54.6 Å². The van der Waals surface area contributed by atoms with E-state index in [1.807, 2.05) is 54.6 Å². The lowest BCUT2D eigenvalue weighted by Crippen LogP contribution is -2.02. The van der Waals surface area contributed by atoms with Gasteiger partial charge in [0.1, 0.15) is 0 Å². The van der Waals surface area contributed by atoms with Crippen LogP contribution in [0.4, 0.5) is 5.69 Å². The fourth-order valence-corrected chi connectivity index (χ4v) is 3.51. The van der Waals surface area contributed by atoms with Crippen molar-refractivity contribution < 1.29 is 19.2 Å². The van der Waals surface area contributed by atoms with E-state index in [1.165, 1.54) is 12.5 Å².